The molecule has 2 atom stereocenters. The zero-order valence-electron chi connectivity index (χ0n) is 15.6. The predicted molar refractivity (Wildman–Crippen MR) is 103 cm³/mol. The highest BCUT2D eigenvalue weighted by molar-refractivity contribution is 6.31. The molecule has 1 saturated heterocycles. The lowest BCUT2D eigenvalue weighted by atomic mass is 10.0. The lowest BCUT2D eigenvalue weighted by Crippen LogP contribution is -2.46. The zero-order valence-corrected chi connectivity index (χ0v) is 16.3. The summed E-state index contributed by atoms with van der Waals surface area (Å²) >= 11 is 6.34. The van der Waals surface area contributed by atoms with E-state index >= 15 is 0 Å². The van der Waals surface area contributed by atoms with Crippen LogP contribution in [0.1, 0.15) is 29.9 Å². The van der Waals surface area contributed by atoms with Crippen LogP contribution in [0.3, 0.4) is 0 Å². The standard InChI is InChI=1S/C20H25ClFN3O2/c1-13-6-7-19(26)17(24-13)10-23-11-18(25-8-9-27-14(2)12-25)20-15(21)4-3-5-16(20)22/h3-7,14,18,23,26H,8-12H2,1-2H3. The van der Waals surface area contributed by atoms with Gasteiger partial charge in [-0.3, -0.25) is 9.88 Å². The van der Waals surface area contributed by atoms with Gasteiger partial charge in [-0.25, -0.2) is 4.39 Å². The monoisotopic (exact) mass is 393 g/mol. The summed E-state index contributed by atoms with van der Waals surface area (Å²) in [6.45, 7) is 6.75. The van der Waals surface area contributed by atoms with Crippen LogP contribution in [0.15, 0.2) is 30.3 Å². The Kier molecular flexibility index (Phi) is 6.65. The first kappa shape index (κ1) is 20.0. The van der Waals surface area contributed by atoms with Gasteiger partial charge in [0.25, 0.3) is 0 Å². The number of pyridine rings is 1. The SMILES string of the molecule is Cc1ccc(O)c(CNCC(c2c(F)cccc2Cl)N2CCOC(C)C2)n1. The van der Waals surface area contributed by atoms with Crippen LogP contribution in [0.4, 0.5) is 4.39 Å². The molecular formula is C20H25ClFN3O2. The van der Waals surface area contributed by atoms with E-state index in [4.69, 9.17) is 16.3 Å². The number of ether oxygens (including phenoxy) is 1. The fourth-order valence-electron chi connectivity index (χ4n) is 3.43. The molecule has 2 aromatic rings. The Morgan fingerprint density at radius 2 is 2.22 bits per heavy atom. The van der Waals surface area contributed by atoms with Crippen molar-refractivity contribution >= 4 is 11.6 Å². The van der Waals surface area contributed by atoms with Crippen molar-refractivity contribution in [3.63, 3.8) is 0 Å². The van der Waals surface area contributed by atoms with Gasteiger partial charge in [-0.1, -0.05) is 17.7 Å². The van der Waals surface area contributed by atoms with Crippen LogP contribution in [0, 0.1) is 12.7 Å². The first-order valence-electron chi connectivity index (χ1n) is 9.11. The number of aromatic nitrogens is 1. The van der Waals surface area contributed by atoms with E-state index in [2.05, 4.69) is 15.2 Å². The van der Waals surface area contributed by atoms with Gasteiger partial charge in [-0.2, -0.15) is 0 Å². The van der Waals surface area contributed by atoms with Gasteiger partial charge in [0.05, 0.1) is 24.4 Å². The minimum Gasteiger partial charge on any atom is -0.506 e. The summed E-state index contributed by atoms with van der Waals surface area (Å²) in [6, 6.07) is 7.92. The normalized spacial score (nSPS) is 19.2. The molecule has 0 spiro atoms. The van der Waals surface area contributed by atoms with Crippen LogP contribution in [-0.2, 0) is 11.3 Å². The molecule has 7 heteroatoms. The maximum atomic E-state index is 14.6. The number of nitrogens with one attached hydrogen (secondary N) is 1. The van der Waals surface area contributed by atoms with Crippen molar-refractivity contribution in [1.29, 1.82) is 0 Å². The Balaban J connectivity index is 1.78. The lowest BCUT2D eigenvalue weighted by Gasteiger charge is -2.38. The number of halogens is 2. The third kappa shape index (κ3) is 4.96. The molecule has 1 aliphatic heterocycles. The predicted octanol–water partition coefficient (Wildman–Crippen LogP) is 3.44. The van der Waals surface area contributed by atoms with E-state index in [0.29, 0.717) is 49.1 Å². The molecule has 0 saturated carbocycles. The Morgan fingerprint density at radius 1 is 1.41 bits per heavy atom. The van der Waals surface area contributed by atoms with E-state index in [-0.39, 0.29) is 23.7 Å². The fourth-order valence-corrected chi connectivity index (χ4v) is 3.72. The summed E-state index contributed by atoms with van der Waals surface area (Å²) in [5.74, 6) is -0.168. The van der Waals surface area contributed by atoms with Gasteiger partial charge in [0.1, 0.15) is 11.6 Å². The van der Waals surface area contributed by atoms with E-state index in [1.165, 1.54) is 6.07 Å². The van der Waals surface area contributed by atoms with Crippen LogP contribution in [-0.4, -0.2) is 47.3 Å². The van der Waals surface area contributed by atoms with Crippen LogP contribution >= 0.6 is 11.6 Å². The van der Waals surface area contributed by atoms with E-state index in [9.17, 15) is 9.50 Å². The van der Waals surface area contributed by atoms with Gasteiger partial charge in [0.2, 0.25) is 0 Å². The Bertz CT molecular complexity index is 770. The number of nitrogens with zero attached hydrogens (tertiary/aromatic N) is 2. The van der Waals surface area contributed by atoms with E-state index in [1.807, 2.05) is 13.8 Å². The molecule has 146 valence electrons. The minimum absolute atomic E-state index is 0.0780. The number of benzene rings is 1. The third-order valence-electron chi connectivity index (χ3n) is 4.77. The number of morpholine rings is 1. The third-order valence-corrected chi connectivity index (χ3v) is 5.10. The molecule has 1 aromatic carbocycles. The molecule has 1 aromatic heterocycles. The fraction of sp³-hybridized carbons (Fsp3) is 0.450. The van der Waals surface area contributed by atoms with Gasteiger partial charge in [-0.05, 0) is 38.1 Å². The van der Waals surface area contributed by atoms with Gasteiger partial charge >= 0.3 is 0 Å². The van der Waals surface area contributed by atoms with Crippen molar-refractivity contribution in [2.75, 3.05) is 26.2 Å². The van der Waals surface area contributed by atoms with Crippen LogP contribution < -0.4 is 5.32 Å². The molecule has 0 aliphatic carbocycles. The minimum atomic E-state index is -0.315. The second-order valence-electron chi connectivity index (χ2n) is 6.88. The molecule has 0 amide bonds. The molecule has 1 aliphatic rings. The van der Waals surface area contributed by atoms with Crippen molar-refractivity contribution in [3.05, 3.63) is 58.1 Å². The topological polar surface area (TPSA) is 57.6 Å². The number of rotatable bonds is 6. The van der Waals surface area contributed by atoms with Crippen LogP contribution in [0.5, 0.6) is 5.75 Å². The molecule has 1 fully saturated rings. The highest BCUT2D eigenvalue weighted by Crippen LogP contribution is 2.31. The van der Waals surface area contributed by atoms with E-state index < -0.39 is 0 Å². The van der Waals surface area contributed by atoms with Crippen molar-refractivity contribution in [2.45, 2.75) is 32.5 Å². The van der Waals surface area contributed by atoms with Crippen LogP contribution in [0.2, 0.25) is 5.02 Å². The summed E-state index contributed by atoms with van der Waals surface area (Å²) < 4.78 is 20.2. The summed E-state index contributed by atoms with van der Waals surface area (Å²) in [5.41, 5.74) is 1.89. The first-order chi connectivity index (χ1) is 13.0. The number of hydrogen-bond acceptors (Lipinski definition) is 5. The smallest absolute Gasteiger partial charge is 0.138 e. The highest BCUT2D eigenvalue weighted by atomic mass is 35.5. The molecular weight excluding hydrogens is 369 g/mol. The van der Waals surface area contributed by atoms with Gasteiger partial charge in [-0.15, -0.1) is 0 Å². The van der Waals surface area contributed by atoms with E-state index in [1.54, 1.807) is 24.3 Å². The molecule has 2 heterocycles. The summed E-state index contributed by atoms with van der Waals surface area (Å²) in [5, 5.41) is 13.7. The average molecular weight is 394 g/mol. The maximum absolute atomic E-state index is 14.6. The second-order valence-corrected chi connectivity index (χ2v) is 7.28. The van der Waals surface area contributed by atoms with Crippen LogP contribution in [0.25, 0.3) is 0 Å². The summed E-state index contributed by atoms with van der Waals surface area (Å²) in [4.78, 5) is 6.55. The molecule has 27 heavy (non-hydrogen) atoms. The quantitative estimate of drug-likeness (QED) is 0.787. The largest absolute Gasteiger partial charge is 0.506 e. The van der Waals surface area contributed by atoms with Gasteiger partial charge < -0.3 is 15.2 Å². The highest BCUT2D eigenvalue weighted by Gasteiger charge is 2.29. The summed E-state index contributed by atoms with van der Waals surface area (Å²) in [6.07, 6.45) is 0.0780. The number of aryl methyl sites for hydroxylation is 1. The number of aromatic hydroxyl groups is 1. The zero-order chi connectivity index (χ0) is 19.4. The van der Waals surface area contributed by atoms with Crippen molar-refractivity contribution in [2.24, 2.45) is 0 Å². The molecule has 2 unspecified atom stereocenters. The molecule has 3 rings (SSSR count). The van der Waals surface area contributed by atoms with Crippen molar-refractivity contribution in [3.8, 4) is 5.75 Å². The molecule has 0 radical (unpaired) electrons. The lowest BCUT2D eigenvalue weighted by molar-refractivity contribution is -0.0349. The molecule has 0 bridgehead atoms. The van der Waals surface area contributed by atoms with Gasteiger partial charge in [0.15, 0.2) is 0 Å². The molecule has 2 N–H and O–H groups in total. The molecule has 5 nitrogen and oxygen atoms in total. The van der Waals surface area contributed by atoms with Crippen molar-refractivity contribution < 1.29 is 14.2 Å². The maximum Gasteiger partial charge on any atom is 0.138 e. The number of hydrogen-bond donors (Lipinski definition) is 2. The van der Waals surface area contributed by atoms with Crippen molar-refractivity contribution in [1.82, 2.24) is 15.2 Å². The average Bonchev–Trinajstić information content (AvgIpc) is 2.63. The Hall–Kier alpha value is -1.73. The Labute approximate surface area is 164 Å². The van der Waals surface area contributed by atoms with Gasteiger partial charge in [0, 0.05) is 42.5 Å². The van der Waals surface area contributed by atoms with E-state index in [0.717, 1.165) is 5.69 Å². The second kappa shape index (κ2) is 8.97. The first-order valence-corrected chi connectivity index (χ1v) is 9.49. The Morgan fingerprint density at radius 3 is 2.96 bits per heavy atom. The summed E-state index contributed by atoms with van der Waals surface area (Å²) in [7, 11) is 0.